The van der Waals surface area contributed by atoms with E-state index in [-0.39, 0.29) is 59.7 Å². The quantitative estimate of drug-likeness (QED) is 0.259. The maximum Gasteiger partial charge on any atom is 0.494 e. The van der Waals surface area contributed by atoms with Crippen molar-refractivity contribution in [1.29, 1.82) is 0 Å². The average Bonchev–Trinajstić information content (AvgIpc) is 3.73. The summed E-state index contributed by atoms with van der Waals surface area (Å²) in [6, 6.07) is 2.99. The number of halogens is 1. The summed E-state index contributed by atoms with van der Waals surface area (Å²) in [7, 11) is -1.40. The number of likely N-dealkylation sites (tertiary alicyclic amines) is 1. The molecule has 0 radical (unpaired) electrons. The van der Waals surface area contributed by atoms with Crippen molar-refractivity contribution in [3.05, 3.63) is 23.5 Å². The molecule has 3 aliphatic carbocycles. The van der Waals surface area contributed by atoms with Crippen LogP contribution in [0.15, 0.2) is 12.1 Å². The van der Waals surface area contributed by atoms with Crippen LogP contribution in [0.25, 0.3) is 0 Å². The molecule has 0 spiro atoms. The number of aliphatic hydroxyl groups excluding tert-OH is 3. The molecule has 4 N–H and O–H groups in total. The highest BCUT2D eigenvalue weighted by Gasteiger charge is 2.68. The number of β-amino-alcohol motifs (C(OH)–C–C–N with tert-alkyl or cyclic N) is 1. The van der Waals surface area contributed by atoms with Gasteiger partial charge in [-0.15, -0.1) is 0 Å². The third-order valence-electron chi connectivity index (χ3n) is 13.0. The number of carbonyl (C=O) groups excluding carboxylic acids is 2. The van der Waals surface area contributed by atoms with Gasteiger partial charge in [0.2, 0.25) is 5.91 Å². The van der Waals surface area contributed by atoms with Gasteiger partial charge >= 0.3 is 13.1 Å². The normalized spacial score (nSPS) is 40.2. The lowest BCUT2D eigenvalue weighted by Gasteiger charge is -2.63. The van der Waals surface area contributed by atoms with Crippen LogP contribution in [0, 0.1) is 39.8 Å². The molecule has 4 fully saturated rings. The molecule has 1 saturated heterocycles. The van der Waals surface area contributed by atoms with Crippen molar-refractivity contribution in [3.63, 3.8) is 0 Å². The van der Waals surface area contributed by atoms with Crippen molar-refractivity contribution >= 4 is 24.5 Å². The van der Waals surface area contributed by atoms with Crippen LogP contribution in [0.2, 0.25) is 0 Å². The van der Waals surface area contributed by atoms with E-state index in [4.69, 9.17) is 14.1 Å². The number of aliphatic hydroxyl groups is 3. The van der Waals surface area contributed by atoms with Gasteiger partial charge in [-0.05, 0) is 85.2 Å². The molecule has 0 aromatic heterocycles. The maximum atomic E-state index is 15.1. The summed E-state index contributed by atoms with van der Waals surface area (Å²) < 4.78 is 32.1. The zero-order chi connectivity index (χ0) is 33.2. The van der Waals surface area contributed by atoms with E-state index >= 15 is 4.39 Å². The molecule has 6 rings (SSSR count). The molecule has 46 heavy (non-hydrogen) atoms. The Bertz CT molecular complexity index is 1350. The zero-order valence-electron chi connectivity index (χ0n) is 27.4. The molecule has 1 unspecified atom stereocenters. The van der Waals surface area contributed by atoms with Crippen molar-refractivity contribution in [2.75, 3.05) is 19.7 Å². The summed E-state index contributed by atoms with van der Waals surface area (Å²) in [5.74, 6) is -2.02. The van der Waals surface area contributed by atoms with Gasteiger partial charge in [0, 0.05) is 30.4 Å². The van der Waals surface area contributed by atoms with Gasteiger partial charge in [-0.2, -0.15) is 0 Å². The fourth-order valence-corrected chi connectivity index (χ4v) is 10.1. The Morgan fingerprint density at radius 2 is 1.87 bits per heavy atom. The number of ether oxygens (including phenoxy) is 2. The lowest BCUT2D eigenvalue weighted by atomic mass is 9.43. The molecule has 3 saturated carbocycles. The molecule has 12 heteroatoms. The minimum absolute atomic E-state index is 0.00199. The molecule has 1 amide bonds. The molecule has 254 valence electrons. The molecule has 1 aromatic rings. The number of hydrogen-bond donors (Lipinski definition) is 4. The standard InChI is InChI=1S/C34H49BFNO9/c1-19-7-12-34-13-8-23(39)30(34)33(19,4)25(46-27(41)18-44-24-6-5-21-17-45-35(43)28(21)29(24)36)15-32(3,31(42)20(34)2)11-9-26(40)37-14-10-22(38)16-37/h5-6,19-20,22-23,25,30-31,38-39,42-43H,7-18H2,1-4H3/t19-,20+,22+,23?,25-,30+,31+,32-,33+,34+/m1/s1. The first-order valence-corrected chi connectivity index (χ1v) is 17.0. The topological polar surface area (TPSA) is 146 Å². The fraction of sp³-hybridized carbons (Fsp3) is 0.765. The van der Waals surface area contributed by atoms with E-state index in [0.717, 1.165) is 19.3 Å². The van der Waals surface area contributed by atoms with Gasteiger partial charge in [0.15, 0.2) is 18.2 Å². The Labute approximate surface area is 270 Å². The summed E-state index contributed by atoms with van der Waals surface area (Å²) in [4.78, 5) is 28.4. The number of esters is 1. The van der Waals surface area contributed by atoms with Crippen molar-refractivity contribution in [1.82, 2.24) is 4.90 Å². The largest absolute Gasteiger partial charge is 0.494 e. The van der Waals surface area contributed by atoms with Gasteiger partial charge in [0.1, 0.15) is 6.10 Å². The van der Waals surface area contributed by atoms with Crippen molar-refractivity contribution < 1.29 is 48.5 Å². The average molecular weight is 646 g/mol. The van der Waals surface area contributed by atoms with Gasteiger partial charge in [0.25, 0.3) is 0 Å². The second-order valence-electron chi connectivity index (χ2n) is 15.4. The highest BCUT2D eigenvalue weighted by atomic mass is 19.1. The van der Waals surface area contributed by atoms with E-state index < -0.39 is 60.8 Å². The Balaban J connectivity index is 1.28. The summed E-state index contributed by atoms with van der Waals surface area (Å²) in [6.45, 7) is 8.62. The highest BCUT2D eigenvalue weighted by molar-refractivity contribution is 6.61. The summed E-state index contributed by atoms with van der Waals surface area (Å²) in [6.07, 6.45) is 1.79. The number of benzene rings is 1. The van der Waals surface area contributed by atoms with Gasteiger partial charge in [-0.25, -0.2) is 9.18 Å². The van der Waals surface area contributed by atoms with Crippen LogP contribution in [-0.4, -0.2) is 88.4 Å². The number of rotatable bonds is 7. The Morgan fingerprint density at radius 1 is 1.13 bits per heavy atom. The summed E-state index contributed by atoms with van der Waals surface area (Å²) >= 11 is 0. The van der Waals surface area contributed by atoms with E-state index in [1.807, 2.05) is 6.92 Å². The highest BCUT2D eigenvalue weighted by Crippen LogP contribution is 2.69. The third kappa shape index (κ3) is 5.46. The van der Waals surface area contributed by atoms with Crippen molar-refractivity contribution in [3.8, 4) is 5.75 Å². The number of carbonyl (C=O) groups is 2. The minimum Gasteiger partial charge on any atom is -0.479 e. The van der Waals surface area contributed by atoms with E-state index in [2.05, 4.69) is 20.8 Å². The van der Waals surface area contributed by atoms with E-state index in [0.29, 0.717) is 37.9 Å². The van der Waals surface area contributed by atoms with Gasteiger partial charge < -0.3 is 39.4 Å². The third-order valence-corrected chi connectivity index (χ3v) is 13.0. The lowest BCUT2D eigenvalue weighted by molar-refractivity contribution is -0.225. The zero-order valence-corrected chi connectivity index (χ0v) is 27.4. The summed E-state index contributed by atoms with van der Waals surface area (Å²) in [5.41, 5.74) is -1.28. The molecule has 10 nitrogen and oxygen atoms in total. The van der Waals surface area contributed by atoms with Crippen LogP contribution in [-0.2, 0) is 25.6 Å². The van der Waals surface area contributed by atoms with Crippen molar-refractivity contribution in [2.24, 2.45) is 34.0 Å². The SMILES string of the molecule is C[C@@H]1CC[C@@]23CCC(O)[C@H]2[C@]1(C)[C@H](OC(=O)COc1ccc2c(c1F)B(O)OC2)C[C@@](C)(CCC(=O)N1CC[C@H](O)C1)[C@@H](O)[C@@H]3C. The number of amides is 1. The van der Waals surface area contributed by atoms with Crippen LogP contribution < -0.4 is 10.2 Å². The molecular formula is C34H49BFNO9. The fourth-order valence-electron chi connectivity index (χ4n) is 10.1. The van der Waals surface area contributed by atoms with Gasteiger partial charge in [-0.3, -0.25) is 4.79 Å². The number of hydrogen-bond acceptors (Lipinski definition) is 9. The van der Waals surface area contributed by atoms with Gasteiger partial charge in [0.05, 0.1) is 24.9 Å². The molecule has 2 bridgehead atoms. The number of fused-ring (bicyclic) bond motifs is 1. The minimum atomic E-state index is -1.40. The van der Waals surface area contributed by atoms with Crippen LogP contribution in [0.3, 0.4) is 0 Å². The monoisotopic (exact) mass is 645 g/mol. The van der Waals surface area contributed by atoms with Crippen LogP contribution in [0.4, 0.5) is 4.39 Å². The van der Waals surface area contributed by atoms with E-state index in [9.17, 15) is 29.9 Å². The molecule has 10 atom stereocenters. The van der Waals surface area contributed by atoms with Crippen LogP contribution in [0.5, 0.6) is 5.75 Å². The van der Waals surface area contributed by atoms with Crippen molar-refractivity contribution in [2.45, 2.75) is 110 Å². The molecule has 2 aliphatic heterocycles. The second kappa shape index (κ2) is 12.3. The number of nitrogens with zero attached hydrogens (tertiary/aromatic N) is 1. The van der Waals surface area contributed by atoms with Crippen LogP contribution in [0.1, 0.15) is 84.6 Å². The van der Waals surface area contributed by atoms with Gasteiger partial charge in [-0.1, -0.05) is 33.8 Å². The Kier molecular flexibility index (Phi) is 9.02. The van der Waals surface area contributed by atoms with E-state index in [1.54, 1.807) is 11.0 Å². The Morgan fingerprint density at radius 3 is 2.59 bits per heavy atom. The predicted octanol–water partition coefficient (Wildman–Crippen LogP) is 2.31. The first-order chi connectivity index (χ1) is 21.7. The second-order valence-corrected chi connectivity index (χ2v) is 15.4. The lowest BCUT2D eigenvalue weighted by Crippen LogP contribution is -2.64. The molecule has 1 aromatic carbocycles. The molecular weight excluding hydrogens is 596 g/mol. The Hall–Kier alpha value is -2.25. The first-order valence-electron chi connectivity index (χ1n) is 17.0. The maximum absolute atomic E-state index is 15.1. The summed E-state index contributed by atoms with van der Waals surface area (Å²) in [5, 5.41) is 43.7. The van der Waals surface area contributed by atoms with E-state index in [1.165, 1.54) is 6.07 Å². The first kappa shape index (κ1) is 33.6. The predicted molar refractivity (Wildman–Crippen MR) is 166 cm³/mol. The molecule has 5 aliphatic rings. The smallest absolute Gasteiger partial charge is 0.479 e. The van der Waals surface area contributed by atoms with Crippen LogP contribution >= 0.6 is 0 Å². The molecule has 2 heterocycles.